The smallest absolute Gasteiger partial charge is 0.326 e. The van der Waals surface area contributed by atoms with Gasteiger partial charge in [0.2, 0.25) is 0 Å². The van der Waals surface area contributed by atoms with Gasteiger partial charge in [0.05, 0.1) is 10.6 Å². The third-order valence-electron chi connectivity index (χ3n) is 3.59. The minimum Gasteiger partial charge on any atom is -0.480 e. The molecule has 1 fully saturated rings. The maximum absolute atomic E-state index is 13.4. The van der Waals surface area contributed by atoms with Gasteiger partial charge in [0.15, 0.2) is 0 Å². The molecule has 1 amide bonds. The molecule has 6 heteroatoms. The molecule has 1 aromatic carbocycles. The summed E-state index contributed by atoms with van der Waals surface area (Å²) >= 11 is 5.79. The van der Waals surface area contributed by atoms with Crippen LogP contribution in [0.25, 0.3) is 0 Å². The fourth-order valence-corrected chi connectivity index (χ4v) is 2.65. The lowest BCUT2D eigenvalue weighted by Gasteiger charge is -2.36. The van der Waals surface area contributed by atoms with Gasteiger partial charge >= 0.3 is 5.97 Å². The second-order valence-corrected chi connectivity index (χ2v) is 5.46. The maximum Gasteiger partial charge on any atom is 0.326 e. The van der Waals surface area contributed by atoms with E-state index in [9.17, 15) is 19.1 Å². The SMILES string of the molecule is CC1CCN(C(=O)c2cccc(F)c2Cl)C(C(=O)O)C1. The minimum absolute atomic E-state index is 0.00692. The molecule has 2 rings (SSSR count). The monoisotopic (exact) mass is 299 g/mol. The Morgan fingerprint density at radius 3 is 2.80 bits per heavy atom. The average Bonchev–Trinajstić information content (AvgIpc) is 2.41. The zero-order valence-corrected chi connectivity index (χ0v) is 11.7. The van der Waals surface area contributed by atoms with Crippen LogP contribution in [0.1, 0.15) is 30.1 Å². The molecule has 1 saturated heterocycles. The zero-order valence-electron chi connectivity index (χ0n) is 11.0. The number of carbonyl (C=O) groups is 2. The average molecular weight is 300 g/mol. The molecule has 1 heterocycles. The van der Waals surface area contributed by atoms with E-state index in [0.717, 1.165) is 12.5 Å². The first-order valence-electron chi connectivity index (χ1n) is 6.39. The van der Waals surface area contributed by atoms with E-state index in [0.29, 0.717) is 13.0 Å². The number of amides is 1. The molecule has 1 aliphatic heterocycles. The number of carboxylic acids is 1. The van der Waals surface area contributed by atoms with Crippen molar-refractivity contribution in [2.24, 2.45) is 5.92 Å². The van der Waals surface area contributed by atoms with E-state index < -0.39 is 23.7 Å². The number of hydrogen-bond donors (Lipinski definition) is 1. The highest BCUT2D eigenvalue weighted by atomic mass is 35.5. The normalized spacial score (nSPS) is 22.6. The first kappa shape index (κ1) is 14.8. The van der Waals surface area contributed by atoms with Crippen molar-refractivity contribution < 1.29 is 19.1 Å². The minimum atomic E-state index is -1.04. The highest BCUT2D eigenvalue weighted by Gasteiger charge is 2.35. The molecule has 2 atom stereocenters. The number of aliphatic carboxylic acids is 1. The van der Waals surface area contributed by atoms with Crippen molar-refractivity contribution in [2.45, 2.75) is 25.8 Å². The van der Waals surface area contributed by atoms with Crippen molar-refractivity contribution in [1.29, 1.82) is 0 Å². The van der Waals surface area contributed by atoms with Crippen molar-refractivity contribution in [3.8, 4) is 0 Å². The first-order valence-corrected chi connectivity index (χ1v) is 6.77. The molecule has 4 nitrogen and oxygen atoms in total. The number of nitrogens with zero attached hydrogens (tertiary/aromatic N) is 1. The second-order valence-electron chi connectivity index (χ2n) is 5.08. The van der Waals surface area contributed by atoms with E-state index in [1.807, 2.05) is 6.92 Å². The Labute approximate surface area is 121 Å². The van der Waals surface area contributed by atoms with Crippen LogP contribution >= 0.6 is 11.6 Å². The molecule has 0 bridgehead atoms. The molecule has 108 valence electrons. The molecular weight excluding hydrogens is 285 g/mol. The number of carbonyl (C=O) groups excluding carboxylic acids is 1. The Morgan fingerprint density at radius 1 is 1.45 bits per heavy atom. The zero-order chi connectivity index (χ0) is 14.9. The molecule has 0 aliphatic carbocycles. The topological polar surface area (TPSA) is 57.6 Å². The molecule has 2 unspecified atom stereocenters. The van der Waals surface area contributed by atoms with Gasteiger partial charge in [-0.25, -0.2) is 9.18 Å². The number of rotatable bonds is 2. The van der Waals surface area contributed by atoms with Crippen LogP contribution in [0.4, 0.5) is 4.39 Å². The van der Waals surface area contributed by atoms with Gasteiger partial charge in [0.25, 0.3) is 5.91 Å². The van der Waals surface area contributed by atoms with Crippen LogP contribution < -0.4 is 0 Å². The lowest BCUT2D eigenvalue weighted by molar-refractivity contribution is -0.144. The number of halogens is 2. The third kappa shape index (κ3) is 2.77. The maximum atomic E-state index is 13.4. The second kappa shape index (κ2) is 5.79. The lowest BCUT2D eigenvalue weighted by Crippen LogP contribution is -2.49. The van der Waals surface area contributed by atoms with Gasteiger partial charge in [0.1, 0.15) is 11.9 Å². The largest absolute Gasteiger partial charge is 0.480 e. The summed E-state index contributed by atoms with van der Waals surface area (Å²) in [5, 5.41) is 8.98. The van der Waals surface area contributed by atoms with Crippen LogP contribution in [0, 0.1) is 11.7 Å². The van der Waals surface area contributed by atoms with Gasteiger partial charge in [0, 0.05) is 6.54 Å². The van der Waals surface area contributed by atoms with Crippen LogP contribution in [0.3, 0.4) is 0 Å². The Bertz CT molecular complexity index is 549. The summed E-state index contributed by atoms with van der Waals surface area (Å²) in [4.78, 5) is 25.0. The summed E-state index contributed by atoms with van der Waals surface area (Å²) in [6.45, 7) is 2.29. The highest BCUT2D eigenvalue weighted by molar-refractivity contribution is 6.34. The molecule has 0 radical (unpaired) electrons. The summed E-state index contributed by atoms with van der Waals surface area (Å²) < 4.78 is 13.4. The van der Waals surface area contributed by atoms with Gasteiger partial charge in [-0.05, 0) is 30.9 Å². The van der Waals surface area contributed by atoms with Crippen molar-refractivity contribution in [3.05, 3.63) is 34.6 Å². The standard InChI is InChI=1S/C14H15ClFNO3/c1-8-5-6-17(11(7-8)14(19)20)13(18)9-3-2-4-10(16)12(9)15/h2-4,8,11H,5-7H2,1H3,(H,19,20). The van der Waals surface area contributed by atoms with E-state index in [-0.39, 0.29) is 16.5 Å². The fourth-order valence-electron chi connectivity index (χ4n) is 2.44. The summed E-state index contributed by atoms with van der Waals surface area (Å²) in [6.07, 6.45) is 1.12. The summed E-state index contributed by atoms with van der Waals surface area (Å²) in [7, 11) is 0. The fraction of sp³-hybridized carbons (Fsp3) is 0.429. The van der Waals surface area contributed by atoms with E-state index in [4.69, 9.17) is 11.6 Å². The van der Waals surface area contributed by atoms with E-state index in [1.54, 1.807) is 0 Å². The number of piperidine rings is 1. The number of carboxylic acid groups (broad SMARTS) is 1. The molecule has 0 saturated carbocycles. The van der Waals surface area contributed by atoms with Crippen LogP contribution in [-0.2, 0) is 4.79 Å². The predicted octanol–water partition coefficient (Wildman–Crippen LogP) is 2.80. The quantitative estimate of drug-likeness (QED) is 0.913. The summed E-state index contributed by atoms with van der Waals surface area (Å²) in [5.74, 6) is -2.02. The Balaban J connectivity index is 2.31. The summed E-state index contributed by atoms with van der Waals surface area (Å²) in [6, 6.07) is 3.07. The first-order chi connectivity index (χ1) is 9.41. The molecular formula is C14H15ClFNO3. The predicted molar refractivity (Wildman–Crippen MR) is 72.3 cm³/mol. The number of likely N-dealkylation sites (tertiary alicyclic amines) is 1. The number of hydrogen-bond acceptors (Lipinski definition) is 2. The van der Waals surface area contributed by atoms with Gasteiger partial charge in [-0.15, -0.1) is 0 Å². The van der Waals surface area contributed by atoms with Crippen LogP contribution in [0.2, 0.25) is 5.02 Å². The molecule has 20 heavy (non-hydrogen) atoms. The van der Waals surface area contributed by atoms with Crippen molar-refractivity contribution in [2.75, 3.05) is 6.54 Å². The van der Waals surface area contributed by atoms with Crippen LogP contribution in [-0.4, -0.2) is 34.5 Å². The molecule has 0 spiro atoms. The molecule has 0 aromatic heterocycles. The van der Waals surface area contributed by atoms with E-state index in [2.05, 4.69) is 0 Å². The Hall–Kier alpha value is -1.62. The lowest BCUT2D eigenvalue weighted by atomic mass is 9.92. The molecule has 1 aliphatic rings. The van der Waals surface area contributed by atoms with Crippen molar-refractivity contribution in [1.82, 2.24) is 4.90 Å². The Morgan fingerprint density at radius 2 is 2.15 bits per heavy atom. The highest BCUT2D eigenvalue weighted by Crippen LogP contribution is 2.27. The van der Waals surface area contributed by atoms with Gasteiger partial charge in [-0.2, -0.15) is 0 Å². The van der Waals surface area contributed by atoms with Crippen LogP contribution in [0.5, 0.6) is 0 Å². The summed E-state index contributed by atoms with van der Waals surface area (Å²) in [5.41, 5.74) is 0.00692. The Kier molecular flexibility index (Phi) is 4.28. The van der Waals surface area contributed by atoms with Crippen molar-refractivity contribution in [3.63, 3.8) is 0 Å². The van der Waals surface area contributed by atoms with Crippen molar-refractivity contribution >= 4 is 23.5 Å². The number of benzene rings is 1. The van der Waals surface area contributed by atoms with Gasteiger partial charge in [-0.3, -0.25) is 4.79 Å². The molecule has 1 N–H and O–H groups in total. The van der Waals surface area contributed by atoms with E-state index in [1.165, 1.54) is 17.0 Å². The van der Waals surface area contributed by atoms with Gasteiger partial charge in [-0.1, -0.05) is 24.6 Å². The van der Waals surface area contributed by atoms with Gasteiger partial charge < -0.3 is 10.0 Å². The third-order valence-corrected chi connectivity index (χ3v) is 3.98. The van der Waals surface area contributed by atoms with E-state index >= 15 is 0 Å². The molecule has 1 aromatic rings. The van der Waals surface area contributed by atoms with Crippen LogP contribution in [0.15, 0.2) is 18.2 Å².